The van der Waals surface area contributed by atoms with E-state index < -0.39 is 23.9 Å². The van der Waals surface area contributed by atoms with Gasteiger partial charge in [-0.3, -0.25) is 14.9 Å². The van der Waals surface area contributed by atoms with Gasteiger partial charge in [0.05, 0.1) is 26.2 Å². The van der Waals surface area contributed by atoms with E-state index >= 15 is 0 Å². The summed E-state index contributed by atoms with van der Waals surface area (Å²) in [4.78, 5) is 24.3. The summed E-state index contributed by atoms with van der Waals surface area (Å²) in [5, 5.41) is 3.20. The van der Waals surface area contributed by atoms with Crippen molar-refractivity contribution in [2.24, 2.45) is 5.92 Å². The Kier molecular flexibility index (Phi) is 5.60. The first-order valence-corrected chi connectivity index (χ1v) is 7.65. The zero-order valence-electron chi connectivity index (χ0n) is 13.9. The molecule has 0 aliphatic carbocycles. The molecule has 0 unspecified atom stereocenters. The predicted molar refractivity (Wildman–Crippen MR) is 84.0 cm³/mol. The van der Waals surface area contributed by atoms with Crippen LogP contribution in [-0.2, 0) is 19.1 Å². The first kappa shape index (κ1) is 17.3. The van der Waals surface area contributed by atoms with E-state index in [1.807, 2.05) is 24.3 Å². The lowest BCUT2D eigenvalue weighted by Gasteiger charge is -2.18. The maximum Gasteiger partial charge on any atom is 0.324 e. The van der Waals surface area contributed by atoms with Crippen LogP contribution in [0.5, 0.6) is 5.75 Å². The molecule has 23 heavy (non-hydrogen) atoms. The van der Waals surface area contributed by atoms with Crippen LogP contribution in [0.1, 0.15) is 31.9 Å². The van der Waals surface area contributed by atoms with Gasteiger partial charge in [-0.2, -0.15) is 0 Å². The number of hydrogen-bond donors (Lipinski definition) is 1. The van der Waals surface area contributed by atoms with Crippen molar-refractivity contribution in [3.8, 4) is 5.75 Å². The Labute approximate surface area is 136 Å². The maximum absolute atomic E-state index is 12.3. The van der Waals surface area contributed by atoms with Crippen molar-refractivity contribution in [2.75, 3.05) is 14.2 Å². The van der Waals surface area contributed by atoms with Crippen LogP contribution in [-0.4, -0.2) is 38.3 Å². The minimum atomic E-state index is -0.722. The van der Waals surface area contributed by atoms with Crippen LogP contribution in [0.3, 0.4) is 0 Å². The van der Waals surface area contributed by atoms with Crippen LogP contribution in [0.2, 0.25) is 0 Å². The maximum atomic E-state index is 12.3. The van der Waals surface area contributed by atoms with Crippen LogP contribution >= 0.6 is 0 Å². The highest BCUT2D eigenvalue weighted by Crippen LogP contribution is 2.36. The van der Waals surface area contributed by atoms with Crippen LogP contribution in [0, 0.1) is 5.92 Å². The molecule has 0 radical (unpaired) electrons. The van der Waals surface area contributed by atoms with E-state index in [0.29, 0.717) is 12.2 Å². The number of nitrogens with one attached hydrogen (secondary N) is 1. The zero-order chi connectivity index (χ0) is 17.0. The molecule has 1 aromatic rings. The largest absolute Gasteiger partial charge is 0.496 e. The van der Waals surface area contributed by atoms with Gasteiger partial charge in [-0.1, -0.05) is 18.2 Å². The highest BCUT2D eigenvalue weighted by atomic mass is 16.5. The molecule has 1 aromatic carbocycles. The molecule has 1 fully saturated rings. The van der Waals surface area contributed by atoms with Gasteiger partial charge in [-0.05, 0) is 26.3 Å². The lowest BCUT2D eigenvalue weighted by molar-refractivity contribution is -0.157. The third kappa shape index (κ3) is 3.82. The van der Waals surface area contributed by atoms with Gasteiger partial charge < -0.3 is 14.2 Å². The van der Waals surface area contributed by atoms with Crippen LogP contribution in [0.25, 0.3) is 0 Å². The Morgan fingerprint density at radius 2 is 1.87 bits per heavy atom. The molecule has 1 heterocycles. The van der Waals surface area contributed by atoms with Crippen molar-refractivity contribution in [1.82, 2.24) is 5.32 Å². The molecule has 126 valence electrons. The van der Waals surface area contributed by atoms with Gasteiger partial charge in [-0.15, -0.1) is 0 Å². The molecule has 0 saturated carbocycles. The van der Waals surface area contributed by atoms with E-state index in [1.165, 1.54) is 7.11 Å². The number of rotatable bonds is 5. The Morgan fingerprint density at radius 3 is 2.48 bits per heavy atom. The van der Waals surface area contributed by atoms with E-state index in [4.69, 9.17) is 14.2 Å². The summed E-state index contributed by atoms with van der Waals surface area (Å²) in [6.45, 7) is 3.55. The van der Waals surface area contributed by atoms with E-state index in [-0.39, 0.29) is 12.1 Å². The number of carbonyl (C=O) groups excluding carboxylic acids is 2. The number of ether oxygens (including phenoxy) is 3. The molecule has 0 amide bonds. The lowest BCUT2D eigenvalue weighted by Crippen LogP contribution is -2.41. The fourth-order valence-corrected chi connectivity index (χ4v) is 2.88. The molecule has 1 aliphatic heterocycles. The summed E-state index contributed by atoms with van der Waals surface area (Å²) in [7, 11) is 2.92. The van der Waals surface area contributed by atoms with Crippen molar-refractivity contribution in [3.05, 3.63) is 29.8 Å². The average molecular weight is 321 g/mol. The molecule has 0 spiro atoms. The Balaban J connectivity index is 2.25. The number of hydrogen-bond acceptors (Lipinski definition) is 6. The van der Waals surface area contributed by atoms with Crippen molar-refractivity contribution in [2.45, 2.75) is 38.5 Å². The van der Waals surface area contributed by atoms with Crippen LogP contribution in [0.4, 0.5) is 0 Å². The second-order valence-corrected chi connectivity index (χ2v) is 5.79. The molecule has 1 aliphatic rings. The molecule has 2 rings (SSSR count). The molecular formula is C17H23NO5. The van der Waals surface area contributed by atoms with Gasteiger partial charge in [0.25, 0.3) is 0 Å². The van der Waals surface area contributed by atoms with Crippen molar-refractivity contribution in [3.63, 3.8) is 0 Å². The number of methoxy groups -OCH3 is 2. The van der Waals surface area contributed by atoms with Gasteiger partial charge in [0.2, 0.25) is 0 Å². The monoisotopic (exact) mass is 321 g/mol. The minimum Gasteiger partial charge on any atom is -0.496 e. The molecule has 1 N–H and O–H groups in total. The zero-order valence-corrected chi connectivity index (χ0v) is 13.9. The van der Waals surface area contributed by atoms with Crippen molar-refractivity contribution in [1.29, 1.82) is 0 Å². The predicted octanol–water partition coefficient (Wildman–Crippen LogP) is 1.84. The molecule has 1 saturated heterocycles. The molecule has 3 atom stereocenters. The fraction of sp³-hybridized carbons (Fsp3) is 0.529. The van der Waals surface area contributed by atoms with Crippen molar-refractivity contribution >= 4 is 11.9 Å². The summed E-state index contributed by atoms with van der Waals surface area (Å²) < 4.78 is 15.5. The summed E-state index contributed by atoms with van der Waals surface area (Å²) in [5.74, 6) is -0.721. The molecule has 6 nitrogen and oxygen atoms in total. The standard InChI is InChI=1S/C17H23NO5/c1-10(2)23-17(20)15-12(16(19)22-4)9-13(18-15)11-7-5-6-8-14(11)21-3/h5-8,10,12-13,15,18H,9H2,1-4H3/t12-,13-,15+/m0/s1. The third-order valence-corrected chi connectivity index (χ3v) is 3.90. The number of para-hydroxylation sites is 1. The topological polar surface area (TPSA) is 73.9 Å². The number of esters is 2. The third-order valence-electron chi connectivity index (χ3n) is 3.90. The highest BCUT2D eigenvalue weighted by molar-refractivity contribution is 5.85. The first-order valence-electron chi connectivity index (χ1n) is 7.65. The van der Waals surface area contributed by atoms with E-state index in [0.717, 1.165) is 5.56 Å². The lowest BCUT2D eigenvalue weighted by atomic mass is 9.96. The summed E-state index contributed by atoms with van der Waals surface area (Å²) in [5.41, 5.74) is 0.906. The summed E-state index contributed by atoms with van der Waals surface area (Å²) in [6.07, 6.45) is 0.207. The molecule has 6 heteroatoms. The number of carbonyl (C=O) groups is 2. The molecule has 0 aromatic heterocycles. The van der Waals surface area contributed by atoms with E-state index in [2.05, 4.69) is 5.32 Å². The Bertz CT molecular complexity index is 572. The average Bonchev–Trinajstić information content (AvgIpc) is 2.98. The summed E-state index contributed by atoms with van der Waals surface area (Å²) in [6, 6.07) is 6.64. The highest BCUT2D eigenvalue weighted by Gasteiger charge is 2.45. The van der Waals surface area contributed by atoms with Crippen molar-refractivity contribution < 1.29 is 23.8 Å². The van der Waals surface area contributed by atoms with E-state index in [9.17, 15) is 9.59 Å². The second-order valence-electron chi connectivity index (χ2n) is 5.79. The van der Waals surface area contributed by atoms with Gasteiger partial charge in [-0.25, -0.2) is 0 Å². The van der Waals surface area contributed by atoms with Gasteiger partial charge in [0, 0.05) is 11.6 Å². The quantitative estimate of drug-likeness (QED) is 0.834. The van der Waals surface area contributed by atoms with Gasteiger partial charge >= 0.3 is 11.9 Å². The van der Waals surface area contributed by atoms with Gasteiger partial charge in [0.15, 0.2) is 0 Å². The molecular weight excluding hydrogens is 298 g/mol. The molecule has 0 bridgehead atoms. The van der Waals surface area contributed by atoms with E-state index in [1.54, 1.807) is 21.0 Å². The summed E-state index contributed by atoms with van der Waals surface area (Å²) >= 11 is 0. The first-order chi connectivity index (χ1) is 11.0. The minimum absolute atomic E-state index is 0.181. The smallest absolute Gasteiger partial charge is 0.324 e. The Morgan fingerprint density at radius 1 is 1.17 bits per heavy atom. The van der Waals surface area contributed by atoms with Gasteiger partial charge in [0.1, 0.15) is 11.8 Å². The normalized spacial score (nSPS) is 23.6. The number of benzene rings is 1. The Hall–Kier alpha value is -2.08. The second kappa shape index (κ2) is 7.46. The van der Waals surface area contributed by atoms with Crippen LogP contribution < -0.4 is 10.1 Å². The fourth-order valence-electron chi connectivity index (χ4n) is 2.88. The van der Waals surface area contributed by atoms with Crippen LogP contribution in [0.15, 0.2) is 24.3 Å². The SMILES string of the molecule is COC(=O)[C@H]1C[C@@H](c2ccccc2OC)N[C@H]1C(=O)OC(C)C.